The predicted molar refractivity (Wildman–Crippen MR) is 139 cm³/mol. The SMILES string of the molecule is CCCCCCN1CC=C(c2cn(N)c3ccc(C(=O)CCCC(=O)OCCCC)cc23)CC1. The Kier molecular flexibility index (Phi) is 10.2. The number of nitrogens with zero attached hydrogens (tertiary/aromatic N) is 2. The molecule has 0 amide bonds. The molecule has 1 aromatic heterocycles. The molecule has 0 aliphatic carbocycles. The number of ketones is 1. The number of unbranched alkanes of at least 4 members (excludes halogenated alkanes) is 4. The van der Waals surface area contributed by atoms with Crippen molar-refractivity contribution in [1.82, 2.24) is 9.58 Å². The zero-order valence-electron chi connectivity index (χ0n) is 21.0. The highest BCUT2D eigenvalue weighted by Crippen LogP contribution is 2.31. The van der Waals surface area contributed by atoms with Crippen LogP contribution in [0.5, 0.6) is 0 Å². The van der Waals surface area contributed by atoms with E-state index in [1.54, 1.807) is 4.68 Å². The van der Waals surface area contributed by atoms with Gasteiger partial charge in [0.2, 0.25) is 0 Å². The molecule has 0 fully saturated rings. The standard InChI is InChI=1S/C28H41N3O3/c1-3-5-7-8-16-30-17-14-22(15-18-30)25-21-31(29)26-13-12-23(20-24(25)26)27(32)10-9-11-28(33)34-19-6-4-2/h12-14,20-21H,3-11,15-19,29H2,1-2H3. The fraction of sp³-hybridized carbons (Fsp3) is 0.571. The summed E-state index contributed by atoms with van der Waals surface area (Å²) in [5.41, 5.74) is 4.03. The van der Waals surface area contributed by atoms with E-state index in [4.69, 9.17) is 10.6 Å². The van der Waals surface area contributed by atoms with Crippen molar-refractivity contribution >= 4 is 28.2 Å². The lowest BCUT2D eigenvalue weighted by atomic mass is 9.96. The van der Waals surface area contributed by atoms with Crippen molar-refractivity contribution in [3.8, 4) is 0 Å². The topological polar surface area (TPSA) is 77.6 Å². The molecule has 1 aliphatic heterocycles. The Balaban J connectivity index is 1.61. The maximum absolute atomic E-state index is 12.8. The van der Waals surface area contributed by atoms with Gasteiger partial charge in [-0.1, -0.05) is 45.6 Å². The number of hydrogen-bond donors (Lipinski definition) is 1. The summed E-state index contributed by atoms with van der Waals surface area (Å²) in [4.78, 5) is 27.1. The largest absolute Gasteiger partial charge is 0.466 e. The molecule has 6 nitrogen and oxygen atoms in total. The van der Waals surface area contributed by atoms with Crippen molar-refractivity contribution in [3.63, 3.8) is 0 Å². The maximum atomic E-state index is 12.8. The molecule has 0 atom stereocenters. The summed E-state index contributed by atoms with van der Waals surface area (Å²) in [6.45, 7) is 7.95. The van der Waals surface area contributed by atoms with Gasteiger partial charge in [-0.05, 0) is 56.0 Å². The molecule has 2 aromatic rings. The van der Waals surface area contributed by atoms with Gasteiger partial charge in [0.05, 0.1) is 12.1 Å². The molecule has 0 bridgehead atoms. The van der Waals surface area contributed by atoms with Gasteiger partial charge >= 0.3 is 5.97 Å². The van der Waals surface area contributed by atoms with Crippen LogP contribution in [0.2, 0.25) is 0 Å². The minimum absolute atomic E-state index is 0.0508. The Labute approximate surface area is 204 Å². The first kappa shape index (κ1) is 26.0. The number of fused-ring (bicyclic) bond motifs is 1. The van der Waals surface area contributed by atoms with Gasteiger partial charge in [0, 0.05) is 48.6 Å². The lowest BCUT2D eigenvalue weighted by molar-refractivity contribution is -0.143. The van der Waals surface area contributed by atoms with Crippen molar-refractivity contribution in [3.05, 3.63) is 41.6 Å². The second kappa shape index (κ2) is 13.3. The van der Waals surface area contributed by atoms with Crippen LogP contribution in [0.3, 0.4) is 0 Å². The van der Waals surface area contributed by atoms with E-state index >= 15 is 0 Å². The summed E-state index contributed by atoms with van der Waals surface area (Å²) in [6.07, 6.45) is 13.4. The van der Waals surface area contributed by atoms with E-state index in [9.17, 15) is 9.59 Å². The van der Waals surface area contributed by atoms with Crippen molar-refractivity contribution in [2.24, 2.45) is 0 Å². The van der Waals surface area contributed by atoms with Gasteiger partial charge in [-0.25, -0.2) is 0 Å². The normalized spacial score (nSPS) is 14.4. The van der Waals surface area contributed by atoms with Gasteiger partial charge < -0.3 is 10.6 Å². The number of aromatic nitrogens is 1. The Morgan fingerprint density at radius 1 is 1.03 bits per heavy atom. The van der Waals surface area contributed by atoms with Gasteiger partial charge in [0.15, 0.2) is 5.78 Å². The van der Waals surface area contributed by atoms with E-state index in [1.807, 2.05) is 24.4 Å². The number of rotatable bonds is 14. The molecule has 0 spiro atoms. The number of Topliss-reactive ketones (excluding diaryl/α,β-unsaturated/α-hetero) is 1. The number of nitrogens with two attached hydrogens (primary N) is 1. The van der Waals surface area contributed by atoms with Gasteiger partial charge in [0.1, 0.15) is 0 Å². The second-order valence-electron chi connectivity index (χ2n) is 9.37. The summed E-state index contributed by atoms with van der Waals surface area (Å²) < 4.78 is 6.83. The molecule has 0 unspecified atom stereocenters. The third kappa shape index (κ3) is 7.20. The summed E-state index contributed by atoms with van der Waals surface area (Å²) >= 11 is 0. The van der Waals surface area contributed by atoms with E-state index in [0.717, 1.165) is 55.4 Å². The second-order valence-corrected chi connectivity index (χ2v) is 9.37. The van der Waals surface area contributed by atoms with Crippen LogP contribution >= 0.6 is 0 Å². The van der Waals surface area contributed by atoms with Crippen molar-refractivity contribution < 1.29 is 14.3 Å². The van der Waals surface area contributed by atoms with Crippen LogP contribution < -0.4 is 5.84 Å². The molecule has 34 heavy (non-hydrogen) atoms. The van der Waals surface area contributed by atoms with Crippen molar-refractivity contribution in [2.75, 3.05) is 32.1 Å². The molecule has 0 radical (unpaired) electrons. The zero-order valence-corrected chi connectivity index (χ0v) is 21.0. The smallest absolute Gasteiger partial charge is 0.305 e. The monoisotopic (exact) mass is 467 g/mol. The Bertz CT molecular complexity index is 992. The van der Waals surface area contributed by atoms with E-state index < -0.39 is 0 Å². The Morgan fingerprint density at radius 2 is 1.85 bits per heavy atom. The molecular weight excluding hydrogens is 426 g/mol. The zero-order chi connectivity index (χ0) is 24.3. The number of nitrogen functional groups attached to an aromatic ring is 1. The molecule has 186 valence electrons. The fourth-order valence-electron chi connectivity index (χ4n) is 4.55. The van der Waals surface area contributed by atoms with Crippen LogP contribution in [-0.4, -0.2) is 47.6 Å². The summed E-state index contributed by atoms with van der Waals surface area (Å²) in [5.74, 6) is 6.07. The van der Waals surface area contributed by atoms with Crippen LogP contribution in [0.15, 0.2) is 30.5 Å². The van der Waals surface area contributed by atoms with E-state index in [-0.39, 0.29) is 18.2 Å². The third-order valence-electron chi connectivity index (χ3n) is 6.67. The van der Waals surface area contributed by atoms with E-state index in [0.29, 0.717) is 25.0 Å². The van der Waals surface area contributed by atoms with E-state index in [1.165, 1.54) is 31.3 Å². The van der Waals surface area contributed by atoms with Gasteiger partial charge in [-0.2, -0.15) is 0 Å². The average Bonchev–Trinajstić information content (AvgIpc) is 3.18. The molecule has 3 rings (SSSR count). The number of hydrogen-bond acceptors (Lipinski definition) is 5. The lowest BCUT2D eigenvalue weighted by Gasteiger charge is -2.26. The lowest BCUT2D eigenvalue weighted by Crippen LogP contribution is -2.29. The molecule has 6 heteroatoms. The Hall–Kier alpha value is -2.60. The van der Waals surface area contributed by atoms with Crippen LogP contribution in [0.1, 0.15) is 94.0 Å². The average molecular weight is 468 g/mol. The number of carbonyl (C=O) groups excluding carboxylic acids is 2. The van der Waals surface area contributed by atoms with Crippen molar-refractivity contribution in [1.29, 1.82) is 0 Å². The first-order chi connectivity index (χ1) is 16.5. The van der Waals surface area contributed by atoms with Gasteiger partial charge in [-0.3, -0.25) is 19.2 Å². The molecule has 0 saturated heterocycles. The highest BCUT2D eigenvalue weighted by atomic mass is 16.5. The number of benzene rings is 1. The molecular formula is C28H41N3O3. The van der Waals surface area contributed by atoms with Crippen molar-refractivity contribution in [2.45, 2.75) is 78.1 Å². The molecule has 0 saturated carbocycles. The highest BCUT2D eigenvalue weighted by Gasteiger charge is 2.18. The molecule has 1 aliphatic rings. The van der Waals surface area contributed by atoms with E-state index in [2.05, 4.69) is 24.8 Å². The number of esters is 1. The fourth-order valence-corrected chi connectivity index (χ4v) is 4.55. The summed E-state index contributed by atoms with van der Waals surface area (Å²) in [6, 6.07) is 5.73. The molecule has 2 heterocycles. The summed E-state index contributed by atoms with van der Waals surface area (Å²) in [7, 11) is 0. The molecule has 2 N–H and O–H groups in total. The van der Waals surface area contributed by atoms with Gasteiger partial charge in [-0.15, -0.1) is 0 Å². The predicted octanol–water partition coefficient (Wildman–Crippen LogP) is 5.72. The maximum Gasteiger partial charge on any atom is 0.305 e. The first-order valence-corrected chi connectivity index (χ1v) is 13.0. The Morgan fingerprint density at radius 3 is 2.59 bits per heavy atom. The quantitative estimate of drug-likeness (QED) is 0.166. The van der Waals surface area contributed by atoms with Crippen LogP contribution in [0.4, 0.5) is 0 Å². The summed E-state index contributed by atoms with van der Waals surface area (Å²) in [5, 5.41) is 1.02. The highest BCUT2D eigenvalue weighted by molar-refractivity contribution is 6.02. The third-order valence-corrected chi connectivity index (χ3v) is 6.67. The minimum atomic E-state index is -0.220. The van der Waals surface area contributed by atoms with Gasteiger partial charge in [0.25, 0.3) is 0 Å². The molecule has 1 aromatic carbocycles. The van der Waals surface area contributed by atoms with Crippen LogP contribution in [0, 0.1) is 0 Å². The first-order valence-electron chi connectivity index (χ1n) is 13.0. The minimum Gasteiger partial charge on any atom is -0.466 e. The van der Waals surface area contributed by atoms with Crippen LogP contribution in [-0.2, 0) is 9.53 Å². The number of carbonyl (C=O) groups is 2. The van der Waals surface area contributed by atoms with Crippen LogP contribution in [0.25, 0.3) is 16.5 Å². The number of ether oxygens (including phenoxy) is 1.